The number of carbonyl (C=O) groups excluding carboxylic acids is 2. The highest BCUT2D eigenvalue weighted by molar-refractivity contribution is 6.05. The number of aromatic nitrogens is 3. The van der Waals surface area contributed by atoms with Gasteiger partial charge in [-0.05, 0) is 49.7 Å². The lowest BCUT2D eigenvalue weighted by Crippen LogP contribution is -2.29. The molecule has 1 aliphatic heterocycles. The van der Waals surface area contributed by atoms with E-state index in [4.69, 9.17) is 15.0 Å². The normalized spacial score (nSPS) is 13.5. The van der Waals surface area contributed by atoms with Gasteiger partial charge < -0.3 is 30.0 Å². The highest BCUT2D eigenvalue weighted by Gasteiger charge is 2.30. The zero-order valence-corrected chi connectivity index (χ0v) is 21.1. The Bertz CT molecular complexity index is 1660. The van der Waals surface area contributed by atoms with Crippen LogP contribution in [-0.4, -0.2) is 38.2 Å². The number of fused-ring (bicyclic) bond motifs is 3. The van der Waals surface area contributed by atoms with E-state index in [0.717, 1.165) is 0 Å². The minimum Gasteiger partial charge on any atom is -0.491 e. The Labute approximate surface area is 222 Å². The van der Waals surface area contributed by atoms with E-state index in [0.29, 0.717) is 34.0 Å². The van der Waals surface area contributed by atoms with E-state index in [1.54, 1.807) is 41.8 Å². The monoisotopic (exact) mass is 529 g/mol. The molecule has 0 saturated carbocycles. The average Bonchev–Trinajstić information content (AvgIpc) is 3.47. The van der Waals surface area contributed by atoms with E-state index >= 15 is 0 Å². The summed E-state index contributed by atoms with van der Waals surface area (Å²) in [6.07, 6.45) is 0. The molecule has 1 atom stereocenters. The molecule has 39 heavy (non-hydrogen) atoms. The quantitative estimate of drug-likeness (QED) is 0.337. The predicted octanol–water partition coefficient (Wildman–Crippen LogP) is 2.67. The first kappa shape index (κ1) is 25.7. The number of hydrogen-bond acceptors (Lipinski definition) is 7. The van der Waals surface area contributed by atoms with Gasteiger partial charge in [0, 0.05) is 18.2 Å². The van der Waals surface area contributed by atoms with Crippen molar-refractivity contribution in [1.82, 2.24) is 20.0 Å². The van der Waals surface area contributed by atoms with Crippen molar-refractivity contribution >= 4 is 11.8 Å². The van der Waals surface area contributed by atoms with Crippen LogP contribution in [0.3, 0.4) is 0 Å². The van der Waals surface area contributed by atoms with Crippen LogP contribution in [0.2, 0.25) is 0 Å². The second-order valence-corrected chi connectivity index (χ2v) is 9.17. The lowest BCUT2D eigenvalue weighted by molar-refractivity contribution is 0.0923. The molecule has 10 nitrogen and oxygen atoms in total. The smallest absolute Gasteiger partial charge is 0.270 e. The minimum absolute atomic E-state index is 0.0221. The van der Waals surface area contributed by atoms with Crippen LogP contribution in [0.4, 0.5) is 4.39 Å². The van der Waals surface area contributed by atoms with Crippen molar-refractivity contribution in [2.75, 3.05) is 6.61 Å². The number of amides is 2. The molecule has 5 rings (SSSR count). The molecular weight excluding hydrogens is 505 g/mol. The molecule has 0 aliphatic carbocycles. The minimum atomic E-state index is -1.56. The summed E-state index contributed by atoms with van der Waals surface area (Å²) in [6, 6.07) is 12.5. The van der Waals surface area contributed by atoms with Crippen molar-refractivity contribution in [2.24, 2.45) is 5.73 Å². The first-order chi connectivity index (χ1) is 18.6. The Kier molecular flexibility index (Phi) is 6.64. The SMILES string of the molecule is Cc1cc(C(C)(O)C#Cc2ccc3c(c2)-c2nc(C(N)=O)c(C(=O)NCc4cccc(F)c4)n2CCO3)no1. The van der Waals surface area contributed by atoms with Gasteiger partial charge >= 0.3 is 0 Å². The number of aryl methyl sites for hydroxylation is 1. The summed E-state index contributed by atoms with van der Waals surface area (Å²) >= 11 is 0. The van der Waals surface area contributed by atoms with Crippen LogP contribution in [-0.2, 0) is 18.7 Å². The maximum absolute atomic E-state index is 13.6. The third kappa shape index (κ3) is 5.23. The van der Waals surface area contributed by atoms with Crippen LogP contribution in [0, 0.1) is 24.6 Å². The number of halogens is 1. The van der Waals surface area contributed by atoms with Gasteiger partial charge in [-0.2, -0.15) is 0 Å². The summed E-state index contributed by atoms with van der Waals surface area (Å²) in [5.41, 5.74) is 5.65. The molecule has 4 N–H and O–H groups in total. The number of nitrogens with one attached hydrogen (secondary N) is 1. The van der Waals surface area contributed by atoms with Gasteiger partial charge in [0.2, 0.25) is 0 Å². The van der Waals surface area contributed by atoms with Crippen LogP contribution < -0.4 is 15.8 Å². The third-order valence-electron chi connectivity index (χ3n) is 6.13. The zero-order valence-electron chi connectivity index (χ0n) is 21.1. The molecule has 0 spiro atoms. The number of rotatable bonds is 5. The Balaban J connectivity index is 1.51. The molecule has 0 bridgehead atoms. The first-order valence-corrected chi connectivity index (χ1v) is 12.0. The standard InChI is InChI=1S/C28H24FN5O5/c1-16-12-22(33-39-16)28(2,37)9-8-17-6-7-21-20(14-17)26-32-23(25(30)35)24(34(26)10-11-38-21)27(36)31-15-18-4-3-5-19(29)13-18/h3-7,12-14,37H,10-11,15H2,1-2H3,(H2,30,35)(H,31,36). The third-order valence-corrected chi connectivity index (χ3v) is 6.13. The van der Waals surface area contributed by atoms with Gasteiger partial charge in [-0.1, -0.05) is 29.1 Å². The fraction of sp³-hybridized carbons (Fsp3) is 0.214. The van der Waals surface area contributed by atoms with Gasteiger partial charge in [0.25, 0.3) is 11.8 Å². The number of hydrogen-bond donors (Lipinski definition) is 3. The highest BCUT2D eigenvalue weighted by Crippen LogP contribution is 2.34. The predicted molar refractivity (Wildman–Crippen MR) is 137 cm³/mol. The van der Waals surface area contributed by atoms with Crippen molar-refractivity contribution in [3.63, 3.8) is 0 Å². The van der Waals surface area contributed by atoms with Gasteiger partial charge in [-0.15, -0.1) is 0 Å². The van der Waals surface area contributed by atoms with Crippen LogP contribution >= 0.6 is 0 Å². The fourth-order valence-corrected chi connectivity index (χ4v) is 4.20. The second kappa shape index (κ2) is 10.1. The van der Waals surface area contributed by atoms with Crippen molar-refractivity contribution in [1.29, 1.82) is 0 Å². The summed E-state index contributed by atoms with van der Waals surface area (Å²) in [5.74, 6) is 5.15. The second-order valence-electron chi connectivity index (χ2n) is 9.17. The molecule has 1 aliphatic rings. The van der Waals surface area contributed by atoms with E-state index in [-0.39, 0.29) is 36.8 Å². The van der Waals surface area contributed by atoms with Crippen LogP contribution in [0.15, 0.2) is 53.1 Å². The fourth-order valence-electron chi connectivity index (χ4n) is 4.20. The lowest BCUT2D eigenvalue weighted by Gasteiger charge is -2.11. The van der Waals surface area contributed by atoms with E-state index in [9.17, 15) is 19.1 Å². The molecule has 4 aromatic rings. The number of nitrogens with zero attached hydrogens (tertiary/aromatic N) is 3. The Morgan fingerprint density at radius 3 is 2.79 bits per heavy atom. The summed E-state index contributed by atoms with van der Waals surface area (Å²) in [6.45, 7) is 3.67. The van der Waals surface area contributed by atoms with Gasteiger partial charge in [0.15, 0.2) is 11.3 Å². The highest BCUT2D eigenvalue weighted by atomic mass is 19.1. The molecule has 0 fully saturated rings. The number of imidazole rings is 1. The summed E-state index contributed by atoms with van der Waals surface area (Å²) in [4.78, 5) is 29.9. The van der Waals surface area contributed by atoms with Crippen LogP contribution in [0.5, 0.6) is 5.75 Å². The average molecular weight is 530 g/mol. The lowest BCUT2D eigenvalue weighted by atomic mass is 10.0. The number of benzene rings is 2. The molecule has 0 radical (unpaired) electrons. The number of ether oxygens (including phenoxy) is 1. The Hall–Kier alpha value is -4.95. The largest absolute Gasteiger partial charge is 0.491 e. The van der Waals surface area contributed by atoms with E-state index < -0.39 is 23.2 Å². The molecule has 198 valence electrons. The zero-order chi connectivity index (χ0) is 27.7. The maximum Gasteiger partial charge on any atom is 0.270 e. The first-order valence-electron chi connectivity index (χ1n) is 12.0. The summed E-state index contributed by atoms with van der Waals surface area (Å²) < 4.78 is 26.0. The van der Waals surface area contributed by atoms with E-state index in [1.165, 1.54) is 25.1 Å². The Morgan fingerprint density at radius 2 is 2.08 bits per heavy atom. The van der Waals surface area contributed by atoms with Crippen LogP contribution in [0.1, 0.15) is 50.5 Å². The van der Waals surface area contributed by atoms with Crippen LogP contribution in [0.25, 0.3) is 11.4 Å². The molecule has 2 aromatic carbocycles. The molecule has 2 amide bonds. The molecule has 11 heteroatoms. The van der Waals surface area contributed by atoms with Gasteiger partial charge in [-0.3, -0.25) is 9.59 Å². The maximum atomic E-state index is 13.6. The van der Waals surface area contributed by atoms with Crippen molar-refractivity contribution in [2.45, 2.75) is 32.5 Å². The topological polar surface area (TPSA) is 146 Å². The van der Waals surface area contributed by atoms with Crippen molar-refractivity contribution < 1.29 is 28.3 Å². The Morgan fingerprint density at radius 1 is 1.26 bits per heavy atom. The van der Waals surface area contributed by atoms with Gasteiger partial charge in [0.1, 0.15) is 41.1 Å². The number of aliphatic hydroxyl groups is 1. The van der Waals surface area contributed by atoms with Gasteiger partial charge in [0.05, 0.1) is 12.1 Å². The van der Waals surface area contributed by atoms with E-state index in [1.807, 2.05) is 0 Å². The van der Waals surface area contributed by atoms with Crippen molar-refractivity contribution in [3.05, 3.63) is 88.3 Å². The van der Waals surface area contributed by atoms with Gasteiger partial charge in [-0.25, -0.2) is 9.37 Å². The molecule has 1 unspecified atom stereocenters. The molecular formula is C28H24FN5O5. The number of nitrogens with two attached hydrogens (primary N) is 1. The number of primary amides is 1. The summed E-state index contributed by atoms with van der Waals surface area (Å²) in [7, 11) is 0. The van der Waals surface area contributed by atoms with E-state index in [2.05, 4.69) is 27.3 Å². The van der Waals surface area contributed by atoms with Crippen molar-refractivity contribution in [3.8, 4) is 29.0 Å². The number of carbonyl (C=O) groups is 2. The summed E-state index contributed by atoms with van der Waals surface area (Å²) in [5, 5.41) is 17.3. The molecule has 0 saturated heterocycles. The molecule has 3 heterocycles. The molecule has 2 aromatic heterocycles.